The minimum Gasteiger partial charge on any atom is -0.366 e. The summed E-state index contributed by atoms with van der Waals surface area (Å²) in [6.07, 6.45) is 12.1. The van der Waals surface area contributed by atoms with E-state index in [1.165, 1.54) is 32.1 Å². The lowest BCUT2D eigenvalue weighted by molar-refractivity contribution is 0.0997. The molecule has 0 saturated heterocycles. The normalized spacial score (nSPS) is 14.5. The predicted octanol–water partition coefficient (Wildman–Crippen LogP) is 7.07. The molecule has 0 spiro atoms. The molecule has 5 aromatic rings. The minimum absolute atomic E-state index is 0.377. The molecule has 1 fully saturated rings. The zero-order chi connectivity index (χ0) is 24.6. The van der Waals surface area contributed by atoms with Crippen LogP contribution in [0.4, 0.5) is 0 Å². The lowest BCUT2D eigenvalue weighted by Crippen LogP contribution is -2.14. The van der Waals surface area contributed by atoms with Crippen molar-refractivity contribution in [3.8, 4) is 16.8 Å². The number of primary amides is 1. The van der Waals surface area contributed by atoms with E-state index in [0.29, 0.717) is 10.8 Å². The molecule has 0 unspecified atom stereocenters. The van der Waals surface area contributed by atoms with Crippen LogP contribution in [0.25, 0.3) is 38.8 Å². The number of hydrogen-bond acceptors (Lipinski definition) is 4. The maximum Gasteiger partial charge on any atom is 0.249 e. The number of carbonyl (C=O) groups is 1. The van der Waals surface area contributed by atoms with E-state index in [9.17, 15) is 4.79 Å². The van der Waals surface area contributed by atoms with Crippen molar-refractivity contribution in [2.45, 2.75) is 49.2 Å². The van der Waals surface area contributed by atoms with Gasteiger partial charge in [0.2, 0.25) is 5.91 Å². The Morgan fingerprint density at radius 2 is 1.86 bits per heavy atom. The number of para-hydroxylation sites is 1. The second-order valence-electron chi connectivity index (χ2n) is 9.58. The van der Waals surface area contributed by atoms with E-state index in [1.54, 1.807) is 11.8 Å². The molecule has 2 N–H and O–H groups in total. The van der Waals surface area contributed by atoms with Crippen LogP contribution in [-0.4, -0.2) is 25.7 Å². The number of aryl methyl sites for hydroxylation is 1. The summed E-state index contributed by atoms with van der Waals surface area (Å²) in [5, 5.41) is 2.75. The Kier molecular flexibility index (Phi) is 5.97. The molecule has 0 radical (unpaired) electrons. The van der Waals surface area contributed by atoms with Crippen molar-refractivity contribution in [1.82, 2.24) is 14.5 Å². The monoisotopic (exact) mass is 492 g/mol. The fourth-order valence-electron chi connectivity index (χ4n) is 5.32. The van der Waals surface area contributed by atoms with Gasteiger partial charge in [0, 0.05) is 50.8 Å². The SMILES string of the molecule is Cc1cn(-c2ccc(C(N)=O)c(SC3CCCCC3)c2)c2nccc(-c3cnc4ccccc4c3)c12. The molecule has 3 aromatic heterocycles. The first-order valence-corrected chi connectivity index (χ1v) is 13.4. The molecule has 6 heteroatoms. The molecule has 2 aromatic carbocycles. The Morgan fingerprint density at radius 3 is 2.69 bits per heavy atom. The van der Waals surface area contributed by atoms with Crippen LogP contribution in [0.5, 0.6) is 0 Å². The lowest BCUT2D eigenvalue weighted by Gasteiger charge is -2.22. The number of aromatic nitrogens is 3. The summed E-state index contributed by atoms with van der Waals surface area (Å²) in [5.41, 5.74) is 12.5. The molecule has 1 aliphatic rings. The molecule has 0 bridgehead atoms. The highest BCUT2D eigenvalue weighted by Gasteiger charge is 2.20. The van der Waals surface area contributed by atoms with Crippen LogP contribution in [-0.2, 0) is 0 Å². The van der Waals surface area contributed by atoms with Gasteiger partial charge in [0.15, 0.2) is 0 Å². The fraction of sp³-hybridized carbons (Fsp3) is 0.233. The highest BCUT2D eigenvalue weighted by Crippen LogP contribution is 2.38. The van der Waals surface area contributed by atoms with Crippen LogP contribution in [0.15, 0.2) is 78.1 Å². The summed E-state index contributed by atoms with van der Waals surface area (Å²) in [4.78, 5) is 22.6. The Balaban J connectivity index is 1.45. The smallest absolute Gasteiger partial charge is 0.249 e. The third-order valence-corrected chi connectivity index (χ3v) is 8.53. The second-order valence-corrected chi connectivity index (χ2v) is 10.9. The van der Waals surface area contributed by atoms with Gasteiger partial charge in [-0.05, 0) is 67.3 Å². The van der Waals surface area contributed by atoms with Gasteiger partial charge in [0.05, 0.1) is 11.1 Å². The largest absolute Gasteiger partial charge is 0.366 e. The summed E-state index contributed by atoms with van der Waals surface area (Å²) in [5.74, 6) is -0.377. The predicted molar refractivity (Wildman–Crippen MR) is 148 cm³/mol. The molecule has 3 heterocycles. The van der Waals surface area contributed by atoms with Gasteiger partial charge in [-0.3, -0.25) is 9.78 Å². The number of nitrogens with zero attached hydrogens (tertiary/aromatic N) is 3. The highest BCUT2D eigenvalue weighted by atomic mass is 32.2. The number of rotatable bonds is 5. The zero-order valence-corrected chi connectivity index (χ0v) is 21.1. The van der Waals surface area contributed by atoms with E-state index >= 15 is 0 Å². The van der Waals surface area contributed by atoms with Crippen LogP contribution in [0.3, 0.4) is 0 Å². The maximum atomic E-state index is 12.2. The summed E-state index contributed by atoms with van der Waals surface area (Å²) < 4.78 is 2.12. The fourth-order valence-corrected chi connectivity index (χ4v) is 6.73. The van der Waals surface area contributed by atoms with Gasteiger partial charge in [0.25, 0.3) is 0 Å². The summed E-state index contributed by atoms with van der Waals surface area (Å²) in [6, 6.07) is 18.3. The van der Waals surface area contributed by atoms with Crippen molar-refractivity contribution < 1.29 is 4.79 Å². The Bertz CT molecular complexity index is 1600. The van der Waals surface area contributed by atoms with Gasteiger partial charge < -0.3 is 10.3 Å². The van der Waals surface area contributed by atoms with Crippen molar-refractivity contribution in [1.29, 1.82) is 0 Å². The molecule has 1 aliphatic carbocycles. The van der Waals surface area contributed by atoms with Gasteiger partial charge in [0.1, 0.15) is 5.65 Å². The van der Waals surface area contributed by atoms with Crippen molar-refractivity contribution in [2.75, 3.05) is 0 Å². The quantitative estimate of drug-likeness (QED) is 0.285. The van der Waals surface area contributed by atoms with Crippen LogP contribution in [0.2, 0.25) is 0 Å². The van der Waals surface area contributed by atoms with Gasteiger partial charge in [-0.25, -0.2) is 4.98 Å². The van der Waals surface area contributed by atoms with Gasteiger partial charge in [-0.2, -0.15) is 0 Å². The summed E-state index contributed by atoms with van der Waals surface area (Å²) in [6.45, 7) is 2.12. The van der Waals surface area contributed by atoms with Crippen molar-refractivity contribution >= 4 is 39.6 Å². The third kappa shape index (κ3) is 4.16. The number of hydrogen-bond donors (Lipinski definition) is 1. The number of fused-ring (bicyclic) bond motifs is 2. The highest BCUT2D eigenvalue weighted by molar-refractivity contribution is 8.00. The second kappa shape index (κ2) is 9.43. The summed E-state index contributed by atoms with van der Waals surface area (Å²) in [7, 11) is 0. The molecule has 6 rings (SSSR count). The number of carbonyl (C=O) groups excluding carboxylic acids is 1. The van der Waals surface area contributed by atoms with E-state index in [0.717, 1.165) is 49.2 Å². The molecular formula is C30H28N4OS. The number of benzene rings is 2. The van der Waals surface area contributed by atoms with Crippen LogP contribution >= 0.6 is 11.8 Å². The first kappa shape index (κ1) is 22.8. The molecule has 5 nitrogen and oxygen atoms in total. The van der Waals surface area contributed by atoms with E-state index in [2.05, 4.69) is 46.9 Å². The Labute approximate surface area is 214 Å². The van der Waals surface area contributed by atoms with Crippen LogP contribution < -0.4 is 5.73 Å². The number of nitrogens with two attached hydrogens (primary N) is 1. The van der Waals surface area contributed by atoms with Crippen molar-refractivity contribution in [3.63, 3.8) is 0 Å². The number of pyridine rings is 2. The average molecular weight is 493 g/mol. The maximum absolute atomic E-state index is 12.2. The standard InChI is InChI=1S/C30H28N4OS/c1-19-18-34(22-11-12-25(29(31)35)27(16-22)36-23-8-3-2-4-9-23)30-28(19)24(13-14-32-30)21-15-20-7-5-6-10-26(20)33-17-21/h5-7,10-18,23H,2-4,8-9H2,1H3,(H2,31,35). The third-order valence-electron chi connectivity index (χ3n) is 7.13. The van der Waals surface area contributed by atoms with E-state index in [1.807, 2.05) is 42.7 Å². The minimum atomic E-state index is -0.377. The first-order chi connectivity index (χ1) is 17.6. The zero-order valence-electron chi connectivity index (χ0n) is 20.3. The van der Waals surface area contributed by atoms with Crippen LogP contribution in [0.1, 0.15) is 48.0 Å². The molecule has 0 atom stereocenters. The summed E-state index contributed by atoms with van der Waals surface area (Å²) >= 11 is 1.80. The van der Waals surface area contributed by atoms with Gasteiger partial charge in [-0.1, -0.05) is 37.5 Å². The number of thioether (sulfide) groups is 1. The van der Waals surface area contributed by atoms with E-state index in [-0.39, 0.29) is 5.91 Å². The molecule has 180 valence electrons. The number of amides is 1. The van der Waals surface area contributed by atoms with Crippen molar-refractivity contribution in [3.05, 3.63) is 84.3 Å². The topological polar surface area (TPSA) is 73.8 Å². The molecule has 0 aliphatic heterocycles. The first-order valence-electron chi connectivity index (χ1n) is 12.5. The molecular weight excluding hydrogens is 464 g/mol. The van der Waals surface area contributed by atoms with Crippen molar-refractivity contribution in [2.24, 2.45) is 5.73 Å². The van der Waals surface area contributed by atoms with E-state index in [4.69, 9.17) is 10.7 Å². The average Bonchev–Trinajstić information content (AvgIpc) is 3.25. The Morgan fingerprint density at radius 1 is 1.03 bits per heavy atom. The molecule has 36 heavy (non-hydrogen) atoms. The van der Waals surface area contributed by atoms with Gasteiger partial charge in [-0.15, -0.1) is 11.8 Å². The van der Waals surface area contributed by atoms with E-state index < -0.39 is 0 Å². The lowest BCUT2D eigenvalue weighted by atomic mass is 10.0. The Hall–Kier alpha value is -3.64. The van der Waals surface area contributed by atoms with Gasteiger partial charge >= 0.3 is 0 Å². The molecule has 1 saturated carbocycles. The van der Waals surface area contributed by atoms with Crippen LogP contribution in [0, 0.1) is 6.92 Å². The molecule has 1 amide bonds.